The first-order valence-electron chi connectivity index (χ1n) is 12.7. The molecule has 1 aromatic rings. The summed E-state index contributed by atoms with van der Waals surface area (Å²) >= 11 is 0. The minimum Gasteiger partial charge on any atom is -0.390 e. The molecule has 11 heteroatoms. The summed E-state index contributed by atoms with van der Waals surface area (Å²) in [5, 5.41) is 7.32. The molecule has 36 heavy (non-hydrogen) atoms. The normalized spacial score (nSPS) is 19.8. The molecule has 0 saturated carbocycles. The maximum Gasteiger partial charge on any atom is 0.421 e. The number of aryl methyl sites for hydroxylation is 1. The standard InChI is InChI=1S/C25H39F3N8/c1-19-8-5-4-6-12-35(19)13-7-11-30-24(32-18-29)22(25(26,27)28)16-31-23-17-36(33-20(23)2)21-9-14-34(3)15-10-21/h16-18,21,31H,1,4-15H2,2-3H3,(H2,29,30,32). The van der Waals surface area contributed by atoms with E-state index in [1.165, 1.54) is 6.42 Å². The third-order valence-electron chi connectivity index (χ3n) is 6.78. The molecule has 0 bridgehead atoms. The number of alkyl halides is 3. The third kappa shape index (κ3) is 7.84. The lowest BCUT2D eigenvalue weighted by molar-refractivity contribution is -0.0862. The smallest absolute Gasteiger partial charge is 0.390 e. The first kappa shape index (κ1) is 27.8. The Morgan fingerprint density at radius 3 is 2.69 bits per heavy atom. The minimum atomic E-state index is -4.66. The van der Waals surface area contributed by atoms with E-state index in [2.05, 4.69) is 43.8 Å². The summed E-state index contributed by atoms with van der Waals surface area (Å²) in [6.45, 7) is 9.68. The highest BCUT2D eigenvalue weighted by Gasteiger charge is 2.37. The summed E-state index contributed by atoms with van der Waals surface area (Å²) < 4.78 is 43.8. The van der Waals surface area contributed by atoms with Crippen LogP contribution in [0.25, 0.3) is 0 Å². The minimum absolute atomic E-state index is 0.205. The molecule has 1 aromatic heterocycles. The number of piperidine rings is 1. The molecule has 3 rings (SSSR count). The Labute approximate surface area is 211 Å². The van der Waals surface area contributed by atoms with E-state index in [1.807, 2.05) is 4.68 Å². The Balaban J connectivity index is 1.70. The molecule has 0 amide bonds. The zero-order chi connectivity index (χ0) is 26.1. The van der Waals surface area contributed by atoms with Gasteiger partial charge in [-0.2, -0.15) is 18.3 Å². The maximum absolute atomic E-state index is 14.0. The van der Waals surface area contributed by atoms with Crippen molar-refractivity contribution in [3.63, 3.8) is 0 Å². The summed E-state index contributed by atoms with van der Waals surface area (Å²) in [6, 6.07) is 0.237. The second-order valence-electron chi connectivity index (χ2n) is 9.54. The topological polar surface area (TPSA) is 87.1 Å². The van der Waals surface area contributed by atoms with Gasteiger partial charge in [0.2, 0.25) is 0 Å². The van der Waals surface area contributed by atoms with Crippen molar-refractivity contribution in [3.8, 4) is 0 Å². The number of rotatable bonds is 8. The van der Waals surface area contributed by atoms with Gasteiger partial charge in [0.1, 0.15) is 5.57 Å². The third-order valence-corrected chi connectivity index (χ3v) is 6.78. The van der Waals surface area contributed by atoms with E-state index >= 15 is 0 Å². The molecule has 2 aliphatic heterocycles. The molecule has 0 spiro atoms. The first-order chi connectivity index (χ1) is 17.2. The van der Waals surface area contributed by atoms with Crippen molar-refractivity contribution in [1.82, 2.24) is 19.6 Å². The zero-order valence-corrected chi connectivity index (χ0v) is 21.4. The molecule has 2 aliphatic rings. The van der Waals surface area contributed by atoms with Crippen LogP contribution in [0.15, 0.2) is 40.2 Å². The number of nitrogens with two attached hydrogens (primary N) is 1. The van der Waals surface area contributed by atoms with E-state index in [-0.39, 0.29) is 12.6 Å². The van der Waals surface area contributed by atoms with Crippen molar-refractivity contribution in [3.05, 3.63) is 35.9 Å². The summed E-state index contributed by atoms with van der Waals surface area (Å²) in [4.78, 5) is 12.4. The highest BCUT2D eigenvalue weighted by molar-refractivity contribution is 6.03. The zero-order valence-electron chi connectivity index (χ0n) is 21.4. The molecule has 8 nitrogen and oxygen atoms in total. The quantitative estimate of drug-likeness (QED) is 0.307. The molecule has 0 unspecified atom stereocenters. The Morgan fingerprint density at radius 2 is 2.00 bits per heavy atom. The fourth-order valence-electron chi connectivity index (χ4n) is 4.60. The first-order valence-corrected chi connectivity index (χ1v) is 12.7. The number of hydrogen-bond donors (Lipinski definition) is 2. The van der Waals surface area contributed by atoms with Crippen molar-refractivity contribution in [2.45, 2.75) is 64.1 Å². The number of allylic oxidation sites excluding steroid dienone is 1. The van der Waals surface area contributed by atoms with Gasteiger partial charge < -0.3 is 20.9 Å². The van der Waals surface area contributed by atoms with Crippen molar-refractivity contribution in [2.75, 3.05) is 45.1 Å². The van der Waals surface area contributed by atoms with Crippen molar-refractivity contribution < 1.29 is 13.2 Å². The lowest BCUT2D eigenvalue weighted by Crippen LogP contribution is -2.31. The number of aliphatic imine (C=N–C) groups is 2. The van der Waals surface area contributed by atoms with Gasteiger partial charge in [0.15, 0.2) is 5.84 Å². The van der Waals surface area contributed by atoms with Crippen LogP contribution in [0.3, 0.4) is 0 Å². The number of aromatic nitrogens is 2. The largest absolute Gasteiger partial charge is 0.421 e. The van der Waals surface area contributed by atoms with E-state index in [4.69, 9.17) is 5.73 Å². The summed E-state index contributed by atoms with van der Waals surface area (Å²) in [5.41, 5.74) is 6.63. The summed E-state index contributed by atoms with van der Waals surface area (Å²) in [7, 11) is 2.08. The van der Waals surface area contributed by atoms with Crippen molar-refractivity contribution in [1.29, 1.82) is 0 Å². The lowest BCUT2D eigenvalue weighted by Gasteiger charge is -2.28. The van der Waals surface area contributed by atoms with Crippen LogP contribution in [0.2, 0.25) is 0 Å². The number of halogens is 3. The molecule has 3 N–H and O–H groups in total. The van der Waals surface area contributed by atoms with Crippen LogP contribution in [0.5, 0.6) is 0 Å². The van der Waals surface area contributed by atoms with E-state index < -0.39 is 17.6 Å². The Kier molecular flexibility index (Phi) is 9.98. The van der Waals surface area contributed by atoms with Crippen molar-refractivity contribution >= 4 is 17.9 Å². The lowest BCUT2D eigenvalue weighted by atomic mass is 10.1. The Bertz CT molecular complexity index is 955. The molecule has 0 radical (unpaired) electrons. The average molecular weight is 509 g/mol. The van der Waals surface area contributed by atoms with Gasteiger partial charge in [-0.25, -0.2) is 4.99 Å². The van der Waals surface area contributed by atoms with E-state index in [0.717, 1.165) is 70.0 Å². The fourth-order valence-corrected chi connectivity index (χ4v) is 4.60. The van der Waals surface area contributed by atoms with Crippen LogP contribution in [0.1, 0.15) is 56.7 Å². The van der Waals surface area contributed by atoms with Crippen LogP contribution in [0, 0.1) is 6.92 Å². The number of anilines is 1. The van der Waals surface area contributed by atoms with E-state index in [1.54, 1.807) is 13.1 Å². The number of nitrogens with one attached hydrogen (secondary N) is 1. The molecule has 200 valence electrons. The van der Waals surface area contributed by atoms with Crippen LogP contribution in [-0.4, -0.2) is 77.7 Å². The summed E-state index contributed by atoms with van der Waals surface area (Å²) in [6.07, 6.45) is 5.74. The SMILES string of the molecule is C=C1CCCCCN1CCCN=C(N=CN)C(=CNc1cn(C2CCN(C)CC2)nc1C)C(F)(F)F. The number of nitrogens with zero attached hydrogens (tertiary/aromatic N) is 6. The van der Waals surface area contributed by atoms with Gasteiger partial charge in [-0.05, 0) is 65.6 Å². The van der Waals surface area contributed by atoms with Gasteiger partial charge in [0, 0.05) is 37.7 Å². The predicted molar refractivity (Wildman–Crippen MR) is 139 cm³/mol. The molecular formula is C25H39F3N8. The second kappa shape index (κ2) is 12.9. The highest BCUT2D eigenvalue weighted by Crippen LogP contribution is 2.29. The van der Waals surface area contributed by atoms with Crippen LogP contribution in [-0.2, 0) is 0 Å². The molecule has 2 fully saturated rings. The van der Waals surface area contributed by atoms with Crippen LogP contribution >= 0.6 is 0 Å². The average Bonchev–Trinajstić information content (AvgIpc) is 3.06. The molecule has 0 aromatic carbocycles. The van der Waals surface area contributed by atoms with Gasteiger partial charge >= 0.3 is 6.18 Å². The highest BCUT2D eigenvalue weighted by atomic mass is 19.4. The second-order valence-corrected chi connectivity index (χ2v) is 9.54. The van der Waals surface area contributed by atoms with Gasteiger partial charge in [-0.1, -0.05) is 13.0 Å². The Hall–Kier alpha value is -2.82. The van der Waals surface area contributed by atoms with Gasteiger partial charge in [0.25, 0.3) is 0 Å². The van der Waals surface area contributed by atoms with Gasteiger partial charge in [-0.3, -0.25) is 9.67 Å². The van der Waals surface area contributed by atoms with Gasteiger partial charge in [-0.15, -0.1) is 0 Å². The molecule has 3 heterocycles. The molecule has 2 saturated heterocycles. The fraction of sp³-hybridized carbons (Fsp3) is 0.640. The number of amidine groups is 1. The van der Waals surface area contributed by atoms with Crippen LogP contribution < -0.4 is 11.1 Å². The maximum atomic E-state index is 14.0. The van der Waals surface area contributed by atoms with Crippen LogP contribution in [0.4, 0.5) is 18.9 Å². The van der Waals surface area contributed by atoms with E-state index in [9.17, 15) is 13.2 Å². The summed E-state index contributed by atoms with van der Waals surface area (Å²) in [5.74, 6) is -0.437. The van der Waals surface area contributed by atoms with Gasteiger partial charge in [0.05, 0.1) is 23.8 Å². The molecular weight excluding hydrogens is 469 g/mol. The Morgan fingerprint density at radius 1 is 1.25 bits per heavy atom. The number of hydrogen-bond acceptors (Lipinski definition) is 5. The van der Waals surface area contributed by atoms with Crippen molar-refractivity contribution in [2.24, 2.45) is 15.7 Å². The molecule has 0 aliphatic carbocycles. The predicted octanol–water partition coefficient (Wildman–Crippen LogP) is 4.48. The molecule has 0 atom stereocenters. The monoisotopic (exact) mass is 508 g/mol. The number of likely N-dealkylation sites (tertiary alicyclic amines) is 2. The van der Waals surface area contributed by atoms with E-state index in [0.29, 0.717) is 24.3 Å².